The molecule has 0 saturated heterocycles. The number of benzene rings is 1. The van der Waals surface area contributed by atoms with Crippen LogP contribution in [-0.2, 0) is 0 Å². The van der Waals surface area contributed by atoms with E-state index in [4.69, 9.17) is 0 Å². The quantitative estimate of drug-likeness (QED) is 0.541. The average molecular weight is 338 g/mol. The van der Waals surface area contributed by atoms with Crippen LogP contribution in [0.25, 0.3) is 9.53 Å². The minimum absolute atomic E-state index is 0.867. The van der Waals surface area contributed by atoms with Crippen molar-refractivity contribution < 1.29 is 0 Å². The number of halogens is 1. The first kappa shape index (κ1) is 12.0. The van der Waals surface area contributed by atoms with Crippen molar-refractivity contribution in [3.8, 4) is 0 Å². The van der Waals surface area contributed by atoms with E-state index in [0.29, 0.717) is 0 Å². The van der Waals surface area contributed by atoms with Crippen molar-refractivity contribution in [2.24, 2.45) is 10.2 Å². The zero-order chi connectivity index (χ0) is 12.5. The second-order valence-electron chi connectivity index (χ2n) is 3.76. The third-order valence-corrected chi connectivity index (χ3v) is 4.84. The molecule has 0 bridgehead atoms. The molecule has 0 spiro atoms. The van der Waals surface area contributed by atoms with E-state index in [1.54, 1.807) is 22.7 Å². The molecule has 0 N–H and O–H groups in total. The molecule has 0 aliphatic carbocycles. The van der Waals surface area contributed by atoms with Crippen molar-refractivity contribution in [3.05, 3.63) is 39.8 Å². The van der Waals surface area contributed by atoms with Gasteiger partial charge in [0, 0.05) is 0 Å². The molecule has 18 heavy (non-hydrogen) atoms. The SMILES string of the molecule is Cc1ccc(N=Nc2cc3sc(Br)nc3s2)cc1. The first-order valence-corrected chi connectivity index (χ1v) is 7.67. The zero-order valence-corrected chi connectivity index (χ0v) is 12.6. The summed E-state index contributed by atoms with van der Waals surface area (Å²) in [7, 11) is 0. The van der Waals surface area contributed by atoms with Crippen molar-refractivity contribution in [1.29, 1.82) is 0 Å². The predicted molar refractivity (Wildman–Crippen MR) is 80.6 cm³/mol. The van der Waals surface area contributed by atoms with Crippen LogP contribution in [0.2, 0.25) is 0 Å². The normalized spacial score (nSPS) is 11.7. The number of azo groups is 1. The van der Waals surface area contributed by atoms with Crippen LogP contribution >= 0.6 is 38.6 Å². The number of aryl methyl sites for hydroxylation is 1. The van der Waals surface area contributed by atoms with Gasteiger partial charge < -0.3 is 0 Å². The van der Waals surface area contributed by atoms with E-state index in [1.165, 1.54) is 5.56 Å². The Hall–Kier alpha value is -1.11. The van der Waals surface area contributed by atoms with Crippen LogP contribution in [0.4, 0.5) is 10.7 Å². The number of thiophene rings is 1. The summed E-state index contributed by atoms with van der Waals surface area (Å²) in [6.07, 6.45) is 0. The maximum atomic E-state index is 4.35. The molecular formula is C12H8BrN3S2. The van der Waals surface area contributed by atoms with Gasteiger partial charge >= 0.3 is 0 Å². The lowest BCUT2D eigenvalue weighted by atomic mass is 10.2. The van der Waals surface area contributed by atoms with E-state index in [2.05, 4.69) is 38.1 Å². The van der Waals surface area contributed by atoms with Gasteiger partial charge in [0.05, 0.1) is 10.4 Å². The summed E-state index contributed by atoms with van der Waals surface area (Å²) >= 11 is 6.53. The summed E-state index contributed by atoms with van der Waals surface area (Å²) in [4.78, 5) is 5.36. The maximum absolute atomic E-state index is 4.35. The fourth-order valence-corrected chi connectivity index (χ4v) is 4.04. The lowest BCUT2D eigenvalue weighted by Crippen LogP contribution is -1.67. The van der Waals surface area contributed by atoms with Crippen LogP contribution in [-0.4, -0.2) is 4.98 Å². The number of hydrogen-bond acceptors (Lipinski definition) is 5. The molecule has 0 radical (unpaired) electrons. The van der Waals surface area contributed by atoms with E-state index >= 15 is 0 Å². The number of nitrogens with zero attached hydrogens (tertiary/aromatic N) is 3. The van der Waals surface area contributed by atoms with Crippen molar-refractivity contribution >= 4 is 58.8 Å². The summed E-state index contributed by atoms with van der Waals surface area (Å²) in [5.74, 6) is 0. The molecule has 0 unspecified atom stereocenters. The minimum Gasteiger partial charge on any atom is -0.218 e. The highest BCUT2D eigenvalue weighted by atomic mass is 79.9. The van der Waals surface area contributed by atoms with Gasteiger partial charge in [-0.25, -0.2) is 4.98 Å². The van der Waals surface area contributed by atoms with Crippen molar-refractivity contribution in [2.45, 2.75) is 6.92 Å². The molecule has 2 aromatic heterocycles. The lowest BCUT2D eigenvalue weighted by molar-refractivity contribution is 1.25. The maximum Gasteiger partial charge on any atom is 0.161 e. The van der Waals surface area contributed by atoms with Gasteiger partial charge in [0.15, 0.2) is 3.92 Å². The van der Waals surface area contributed by atoms with Gasteiger partial charge in [-0.05, 0) is 41.1 Å². The van der Waals surface area contributed by atoms with Gasteiger partial charge in [0.1, 0.15) is 9.83 Å². The number of fused-ring (bicyclic) bond motifs is 1. The van der Waals surface area contributed by atoms with Crippen molar-refractivity contribution in [1.82, 2.24) is 4.98 Å². The summed E-state index contributed by atoms with van der Waals surface area (Å²) in [6.45, 7) is 2.05. The molecule has 0 saturated carbocycles. The van der Waals surface area contributed by atoms with E-state index in [1.807, 2.05) is 30.3 Å². The standard InChI is InChI=1S/C12H8BrN3S2/c1-7-2-4-8(5-3-7)15-16-10-6-9-11(18-10)14-12(13)17-9/h2-6H,1H3. The van der Waals surface area contributed by atoms with Crippen LogP contribution < -0.4 is 0 Å². The number of hydrogen-bond donors (Lipinski definition) is 0. The Labute approximate surface area is 120 Å². The van der Waals surface area contributed by atoms with Crippen LogP contribution in [0.1, 0.15) is 5.56 Å². The molecular weight excluding hydrogens is 330 g/mol. The van der Waals surface area contributed by atoms with Gasteiger partial charge in [-0.15, -0.1) is 21.6 Å². The summed E-state index contributed by atoms with van der Waals surface area (Å²) in [6, 6.07) is 9.99. The molecule has 0 atom stereocenters. The highest BCUT2D eigenvalue weighted by molar-refractivity contribution is 9.11. The first-order chi connectivity index (χ1) is 8.70. The van der Waals surface area contributed by atoms with E-state index < -0.39 is 0 Å². The van der Waals surface area contributed by atoms with Crippen LogP contribution in [0, 0.1) is 6.92 Å². The first-order valence-electron chi connectivity index (χ1n) is 5.25. The number of aromatic nitrogens is 1. The summed E-state index contributed by atoms with van der Waals surface area (Å²) in [5, 5.41) is 9.34. The van der Waals surface area contributed by atoms with Gasteiger partial charge in [-0.2, -0.15) is 0 Å². The van der Waals surface area contributed by atoms with Gasteiger partial charge in [0.25, 0.3) is 0 Å². The Balaban J connectivity index is 1.86. The second kappa shape index (κ2) is 4.87. The Morgan fingerprint density at radius 3 is 2.61 bits per heavy atom. The Morgan fingerprint density at radius 2 is 1.89 bits per heavy atom. The van der Waals surface area contributed by atoms with Crippen LogP contribution in [0.3, 0.4) is 0 Å². The van der Waals surface area contributed by atoms with Gasteiger partial charge in [0.2, 0.25) is 0 Å². The zero-order valence-electron chi connectivity index (χ0n) is 9.42. The molecule has 6 heteroatoms. The van der Waals surface area contributed by atoms with Crippen LogP contribution in [0.5, 0.6) is 0 Å². The fraction of sp³-hybridized carbons (Fsp3) is 0.0833. The number of thiazole rings is 1. The van der Waals surface area contributed by atoms with Crippen molar-refractivity contribution in [2.75, 3.05) is 0 Å². The highest BCUT2D eigenvalue weighted by Crippen LogP contribution is 2.37. The monoisotopic (exact) mass is 337 g/mol. The molecule has 2 heterocycles. The van der Waals surface area contributed by atoms with E-state index in [0.717, 1.165) is 24.1 Å². The molecule has 3 aromatic rings. The Morgan fingerprint density at radius 1 is 1.11 bits per heavy atom. The molecule has 0 fully saturated rings. The third-order valence-electron chi connectivity index (χ3n) is 2.35. The molecule has 1 aromatic carbocycles. The van der Waals surface area contributed by atoms with Crippen LogP contribution in [0.15, 0.2) is 44.5 Å². The van der Waals surface area contributed by atoms with E-state index in [-0.39, 0.29) is 0 Å². The Kier molecular flexibility index (Phi) is 3.23. The molecule has 0 aliphatic heterocycles. The summed E-state index contributed by atoms with van der Waals surface area (Å²) < 4.78 is 2.05. The Bertz CT molecular complexity index is 681. The molecule has 90 valence electrons. The molecule has 3 rings (SSSR count). The summed E-state index contributed by atoms with van der Waals surface area (Å²) in [5.41, 5.74) is 2.09. The second-order valence-corrected chi connectivity index (χ2v) is 7.07. The number of rotatable bonds is 2. The smallest absolute Gasteiger partial charge is 0.161 e. The predicted octanol–water partition coefficient (Wildman–Crippen LogP) is 5.84. The average Bonchev–Trinajstić information content (AvgIpc) is 2.85. The fourth-order valence-electron chi connectivity index (χ4n) is 1.46. The topological polar surface area (TPSA) is 37.6 Å². The van der Waals surface area contributed by atoms with Gasteiger partial charge in [-0.1, -0.05) is 29.0 Å². The lowest BCUT2D eigenvalue weighted by Gasteiger charge is -1.92. The van der Waals surface area contributed by atoms with E-state index in [9.17, 15) is 0 Å². The molecule has 0 amide bonds. The highest BCUT2D eigenvalue weighted by Gasteiger charge is 2.06. The molecule has 3 nitrogen and oxygen atoms in total. The third kappa shape index (κ3) is 2.50. The van der Waals surface area contributed by atoms with Crippen molar-refractivity contribution in [3.63, 3.8) is 0 Å². The largest absolute Gasteiger partial charge is 0.218 e. The molecule has 0 aliphatic rings. The minimum atomic E-state index is 0.867. The van der Waals surface area contributed by atoms with Gasteiger partial charge in [-0.3, -0.25) is 0 Å².